The second-order valence-electron chi connectivity index (χ2n) is 5.65. The Morgan fingerprint density at radius 1 is 1.39 bits per heavy atom. The fourth-order valence-corrected chi connectivity index (χ4v) is 4.00. The Labute approximate surface area is 134 Å². The molecule has 0 unspecified atom stereocenters. The van der Waals surface area contributed by atoms with E-state index in [1.54, 1.807) is 13.0 Å². The van der Waals surface area contributed by atoms with E-state index in [1.165, 1.54) is 19.1 Å². The zero-order valence-electron chi connectivity index (χ0n) is 12.9. The average Bonchev–Trinajstić information content (AvgIpc) is 2.79. The Morgan fingerprint density at radius 2 is 2.09 bits per heavy atom. The number of sulfone groups is 1. The quantitative estimate of drug-likeness (QED) is 0.818. The Balaban J connectivity index is 2.01. The summed E-state index contributed by atoms with van der Waals surface area (Å²) in [5.74, 6) is -1.17. The van der Waals surface area contributed by atoms with E-state index in [9.17, 15) is 18.0 Å². The fraction of sp³-hybridized carbons (Fsp3) is 0.467. The van der Waals surface area contributed by atoms with Gasteiger partial charge in [-0.25, -0.2) is 13.2 Å². The number of aromatic carboxylic acids is 1. The lowest BCUT2D eigenvalue weighted by molar-refractivity contribution is -0.127. The van der Waals surface area contributed by atoms with Gasteiger partial charge in [0.1, 0.15) is 5.75 Å². The molecule has 1 saturated heterocycles. The van der Waals surface area contributed by atoms with Crippen LogP contribution in [-0.2, 0) is 14.6 Å². The number of hydrogen-bond acceptors (Lipinski definition) is 5. The third-order valence-corrected chi connectivity index (χ3v) is 5.45. The highest BCUT2D eigenvalue weighted by Gasteiger charge is 2.30. The first-order chi connectivity index (χ1) is 10.7. The molecule has 1 aromatic rings. The predicted molar refractivity (Wildman–Crippen MR) is 83.4 cm³/mol. The highest BCUT2D eigenvalue weighted by atomic mass is 32.2. The molecule has 0 saturated carbocycles. The van der Waals surface area contributed by atoms with Crippen molar-refractivity contribution in [1.29, 1.82) is 0 Å². The van der Waals surface area contributed by atoms with Crippen LogP contribution in [0.5, 0.6) is 5.75 Å². The van der Waals surface area contributed by atoms with Gasteiger partial charge in [-0.3, -0.25) is 4.79 Å². The minimum absolute atomic E-state index is 0.0566. The largest absolute Gasteiger partial charge is 0.481 e. The Bertz CT molecular complexity index is 727. The summed E-state index contributed by atoms with van der Waals surface area (Å²) >= 11 is 0. The van der Waals surface area contributed by atoms with Gasteiger partial charge in [0, 0.05) is 6.04 Å². The monoisotopic (exact) mass is 341 g/mol. The number of carbonyl (C=O) groups is 2. The average molecular weight is 341 g/mol. The van der Waals surface area contributed by atoms with E-state index in [4.69, 9.17) is 9.84 Å². The molecule has 0 radical (unpaired) electrons. The van der Waals surface area contributed by atoms with E-state index in [0.717, 1.165) is 0 Å². The van der Waals surface area contributed by atoms with Crippen LogP contribution in [0.15, 0.2) is 18.2 Å². The number of nitrogens with one attached hydrogen (secondary N) is 1. The summed E-state index contributed by atoms with van der Waals surface area (Å²) in [5, 5.41) is 11.6. The van der Waals surface area contributed by atoms with Gasteiger partial charge >= 0.3 is 5.97 Å². The lowest BCUT2D eigenvalue weighted by Gasteiger charge is -2.18. The van der Waals surface area contributed by atoms with Gasteiger partial charge in [-0.05, 0) is 38.0 Å². The van der Waals surface area contributed by atoms with Crippen LogP contribution in [0, 0.1) is 6.92 Å². The smallest absolute Gasteiger partial charge is 0.335 e. The molecule has 2 rings (SSSR count). The molecule has 0 aromatic heterocycles. The van der Waals surface area contributed by atoms with Crippen molar-refractivity contribution in [2.24, 2.45) is 0 Å². The van der Waals surface area contributed by atoms with Crippen molar-refractivity contribution in [2.75, 3.05) is 11.5 Å². The van der Waals surface area contributed by atoms with E-state index < -0.39 is 33.9 Å². The second kappa shape index (κ2) is 6.57. The Kier molecular flexibility index (Phi) is 4.93. The molecule has 7 nitrogen and oxygen atoms in total. The third-order valence-electron chi connectivity index (χ3n) is 3.69. The molecule has 1 aromatic carbocycles. The van der Waals surface area contributed by atoms with Crippen LogP contribution in [0.2, 0.25) is 0 Å². The maximum Gasteiger partial charge on any atom is 0.335 e. The number of carbonyl (C=O) groups excluding carboxylic acids is 1. The number of carboxylic acid groups (broad SMARTS) is 1. The number of ether oxygens (including phenoxy) is 1. The molecular formula is C15H19NO6S. The first kappa shape index (κ1) is 17.3. The topological polar surface area (TPSA) is 110 Å². The van der Waals surface area contributed by atoms with E-state index in [-0.39, 0.29) is 17.1 Å². The third kappa shape index (κ3) is 4.44. The number of amides is 1. The van der Waals surface area contributed by atoms with Crippen molar-refractivity contribution >= 4 is 21.7 Å². The molecule has 1 heterocycles. The number of aryl methyl sites for hydroxylation is 1. The van der Waals surface area contributed by atoms with Gasteiger partial charge in [0.2, 0.25) is 0 Å². The lowest BCUT2D eigenvalue weighted by Crippen LogP contribution is -2.43. The van der Waals surface area contributed by atoms with Crippen LogP contribution >= 0.6 is 0 Å². The highest BCUT2D eigenvalue weighted by molar-refractivity contribution is 7.91. The van der Waals surface area contributed by atoms with Gasteiger partial charge in [0.05, 0.1) is 17.1 Å². The zero-order chi connectivity index (χ0) is 17.2. The van der Waals surface area contributed by atoms with Crippen molar-refractivity contribution in [3.63, 3.8) is 0 Å². The molecule has 2 N–H and O–H groups in total. The van der Waals surface area contributed by atoms with Crippen LogP contribution in [0.1, 0.15) is 29.3 Å². The molecule has 1 aliphatic heterocycles. The normalized spacial score (nSPS) is 20.7. The Morgan fingerprint density at radius 3 is 2.65 bits per heavy atom. The molecule has 126 valence electrons. The van der Waals surface area contributed by atoms with E-state index in [0.29, 0.717) is 17.7 Å². The number of rotatable bonds is 5. The minimum Gasteiger partial charge on any atom is -0.481 e. The fourth-order valence-electron chi connectivity index (χ4n) is 2.33. The highest BCUT2D eigenvalue weighted by Crippen LogP contribution is 2.21. The molecule has 0 spiro atoms. The Hall–Kier alpha value is -2.09. The first-order valence-electron chi connectivity index (χ1n) is 7.19. The number of hydrogen-bond donors (Lipinski definition) is 2. The van der Waals surface area contributed by atoms with Crippen LogP contribution in [0.4, 0.5) is 0 Å². The summed E-state index contributed by atoms with van der Waals surface area (Å²) in [6, 6.07) is 4.03. The summed E-state index contributed by atoms with van der Waals surface area (Å²) in [6.45, 7) is 3.28. The summed E-state index contributed by atoms with van der Waals surface area (Å²) < 4.78 is 28.3. The molecule has 8 heteroatoms. The van der Waals surface area contributed by atoms with Crippen molar-refractivity contribution in [3.8, 4) is 5.75 Å². The molecule has 1 aliphatic rings. The van der Waals surface area contributed by atoms with Crippen LogP contribution in [0.3, 0.4) is 0 Å². The summed E-state index contributed by atoms with van der Waals surface area (Å²) in [7, 11) is -3.07. The zero-order valence-corrected chi connectivity index (χ0v) is 13.7. The first-order valence-corrected chi connectivity index (χ1v) is 9.01. The van der Waals surface area contributed by atoms with Crippen LogP contribution in [-0.4, -0.2) is 49.1 Å². The van der Waals surface area contributed by atoms with E-state index in [1.807, 2.05) is 0 Å². The van der Waals surface area contributed by atoms with Gasteiger partial charge in [-0.15, -0.1) is 0 Å². The van der Waals surface area contributed by atoms with Crippen LogP contribution in [0.25, 0.3) is 0 Å². The molecule has 1 amide bonds. The maximum absolute atomic E-state index is 12.1. The molecule has 0 bridgehead atoms. The molecule has 2 atom stereocenters. The van der Waals surface area contributed by atoms with Crippen molar-refractivity contribution in [3.05, 3.63) is 29.3 Å². The maximum atomic E-state index is 12.1. The molecule has 0 aliphatic carbocycles. The van der Waals surface area contributed by atoms with Gasteiger partial charge in [-0.2, -0.15) is 0 Å². The van der Waals surface area contributed by atoms with Crippen LogP contribution < -0.4 is 10.1 Å². The summed E-state index contributed by atoms with van der Waals surface area (Å²) in [5.41, 5.74) is 0.776. The number of benzene rings is 1. The van der Waals surface area contributed by atoms with E-state index in [2.05, 4.69) is 5.32 Å². The predicted octanol–water partition coefficient (Wildman–Crippen LogP) is 0.764. The molecule has 23 heavy (non-hydrogen) atoms. The summed E-state index contributed by atoms with van der Waals surface area (Å²) in [4.78, 5) is 23.1. The number of carboxylic acids is 1. The van der Waals surface area contributed by atoms with Gasteiger partial charge in [0.15, 0.2) is 15.9 Å². The second-order valence-corrected chi connectivity index (χ2v) is 7.88. The molecular weight excluding hydrogens is 322 g/mol. The van der Waals surface area contributed by atoms with Gasteiger partial charge in [-0.1, -0.05) is 6.07 Å². The lowest BCUT2D eigenvalue weighted by atomic mass is 10.1. The van der Waals surface area contributed by atoms with Crippen molar-refractivity contribution in [2.45, 2.75) is 32.4 Å². The van der Waals surface area contributed by atoms with Gasteiger partial charge < -0.3 is 15.2 Å². The minimum atomic E-state index is -3.07. The SMILES string of the molecule is Cc1ccc(C(=O)O)cc1O[C@H](C)C(=O)N[C@@H]1CCS(=O)(=O)C1. The van der Waals surface area contributed by atoms with Crippen molar-refractivity contribution < 1.29 is 27.9 Å². The summed E-state index contributed by atoms with van der Waals surface area (Å²) in [6.07, 6.45) is -0.463. The van der Waals surface area contributed by atoms with Crippen molar-refractivity contribution in [1.82, 2.24) is 5.32 Å². The molecule has 1 fully saturated rings. The van der Waals surface area contributed by atoms with E-state index >= 15 is 0 Å². The van der Waals surface area contributed by atoms with Gasteiger partial charge in [0.25, 0.3) is 5.91 Å². The standard InChI is InChI=1S/C15H19NO6S/c1-9-3-4-11(15(18)19)7-13(9)22-10(2)14(17)16-12-5-6-23(20,21)8-12/h3-4,7,10,12H,5-6,8H2,1-2H3,(H,16,17)(H,18,19)/t10-,12-/m1/s1.